The van der Waals surface area contributed by atoms with Gasteiger partial charge in [-0.15, -0.1) is 0 Å². The zero-order valence-electron chi connectivity index (χ0n) is 20.5. The number of urea groups is 1. The Hall–Kier alpha value is -3.67. The highest BCUT2D eigenvalue weighted by molar-refractivity contribution is 5.88. The summed E-state index contributed by atoms with van der Waals surface area (Å²) in [5.74, 6) is -4.14. The van der Waals surface area contributed by atoms with Crippen molar-refractivity contribution in [2.75, 3.05) is 13.2 Å². The highest BCUT2D eigenvalue weighted by Gasteiger charge is 2.62. The Bertz CT molecular complexity index is 1110. The molecule has 0 bridgehead atoms. The van der Waals surface area contributed by atoms with Crippen LogP contribution in [0, 0.1) is 11.3 Å². The van der Waals surface area contributed by atoms with Crippen LogP contribution in [0.1, 0.15) is 62.3 Å². The largest absolute Gasteiger partial charge is 0.494 e. The number of aliphatic carboxylic acids is 1. The Balaban J connectivity index is 1.81. The molecule has 1 saturated carbocycles. The van der Waals surface area contributed by atoms with E-state index in [0.29, 0.717) is 29.9 Å². The zero-order valence-corrected chi connectivity index (χ0v) is 20.5. The van der Waals surface area contributed by atoms with Crippen molar-refractivity contribution in [3.63, 3.8) is 0 Å². The number of alkyl halides is 2. The minimum absolute atomic E-state index is 0.271. The van der Waals surface area contributed by atoms with Gasteiger partial charge in [0, 0.05) is 19.4 Å². The van der Waals surface area contributed by atoms with E-state index in [1.165, 1.54) is 4.90 Å². The van der Waals surface area contributed by atoms with E-state index < -0.39 is 42.3 Å². The summed E-state index contributed by atoms with van der Waals surface area (Å²) in [4.78, 5) is 26.6. The lowest BCUT2D eigenvalue weighted by molar-refractivity contribution is -0.175. The summed E-state index contributed by atoms with van der Waals surface area (Å²) in [6.07, 6.45) is 0.282. The van der Waals surface area contributed by atoms with Gasteiger partial charge in [0.25, 0.3) is 5.92 Å². The molecule has 2 N–H and O–H groups in total. The molecular weight excluding hydrogens is 468 g/mol. The predicted octanol–water partition coefficient (Wildman–Crippen LogP) is 5.30. The lowest BCUT2D eigenvalue weighted by atomic mass is 9.73. The number of carbonyl (C=O) groups excluding carboxylic acids is 1. The van der Waals surface area contributed by atoms with E-state index in [2.05, 4.69) is 11.4 Å². The summed E-state index contributed by atoms with van der Waals surface area (Å²) in [5, 5.41) is 21.4. The monoisotopic (exact) mass is 499 g/mol. The molecule has 192 valence electrons. The molecule has 0 radical (unpaired) electrons. The van der Waals surface area contributed by atoms with E-state index in [0.717, 1.165) is 18.4 Å². The van der Waals surface area contributed by atoms with Gasteiger partial charge in [0.1, 0.15) is 5.75 Å². The molecule has 36 heavy (non-hydrogen) atoms. The predicted molar refractivity (Wildman–Crippen MR) is 130 cm³/mol. The molecule has 3 rings (SSSR count). The molecule has 1 atom stereocenters. The van der Waals surface area contributed by atoms with Gasteiger partial charge in [-0.05, 0) is 62.4 Å². The van der Waals surface area contributed by atoms with Crippen molar-refractivity contribution in [3.8, 4) is 11.8 Å². The van der Waals surface area contributed by atoms with Gasteiger partial charge in [-0.2, -0.15) is 5.26 Å². The van der Waals surface area contributed by atoms with Crippen LogP contribution in [0.3, 0.4) is 0 Å². The minimum atomic E-state index is -3.13. The molecule has 9 heteroatoms. The lowest BCUT2D eigenvalue weighted by Gasteiger charge is -2.45. The second-order valence-electron chi connectivity index (χ2n) is 9.17. The van der Waals surface area contributed by atoms with Gasteiger partial charge in [-0.1, -0.05) is 30.3 Å². The maximum atomic E-state index is 13.6. The number of rotatable bonds is 11. The molecule has 2 aromatic carbocycles. The first-order valence-corrected chi connectivity index (χ1v) is 12.0. The molecule has 0 heterocycles. The quantitative estimate of drug-likeness (QED) is 0.408. The number of amides is 2. The van der Waals surface area contributed by atoms with Gasteiger partial charge in [-0.3, -0.25) is 0 Å². The molecule has 2 aromatic rings. The van der Waals surface area contributed by atoms with E-state index in [1.807, 2.05) is 37.3 Å². The summed E-state index contributed by atoms with van der Waals surface area (Å²) in [6, 6.07) is 15.6. The van der Waals surface area contributed by atoms with Crippen molar-refractivity contribution < 1.29 is 28.2 Å². The number of hydrogen-bond acceptors (Lipinski definition) is 4. The zero-order chi connectivity index (χ0) is 26.3. The number of carboxylic acid groups (broad SMARTS) is 1. The fraction of sp³-hybridized carbons (Fsp3) is 0.444. The smallest absolute Gasteiger partial charge is 0.329 e. The maximum Gasteiger partial charge on any atom is 0.329 e. The van der Waals surface area contributed by atoms with Gasteiger partial charge in [0.2, 0.25) is 0 Å². The highest BCUT2D eigenvalue weighted by Crippen LogP contribution is 2.46. The molecule has 1 fully saturated rings. The third-order valence-electron chi connectivity index (χ3n) is 6.41. The van der Waals surface area contributed by atoms with Crippen LogP contribution in [-0.2, 0) is 11.2 Å². The summed E-state index contributed by atoms with van der Waals surface area (Å²) in [6.45, 7) is 4.23. The van der Waals surface area contributed by atoms with Crippen LogP contribution in [0.25, 0.3) is 0 Å². The van der Waals surface area contributed by atoms with Crippen LogP contribution in [0.15, 0.2) is 48.5 Å². The fourth-order valence-electron chi connectivity index (χ4n) is 4.49. The average Bonchev–Trinajstić information content (AvgIpc) is 2.82. The van der Waals surface area contributed by atoms with E-state index in [-0.39, 0.29) is 6.54 Å². The number of halogens is 2. The van der Waals surface area contributed by atoms with E-state index in [1.54, 1.807) is 25.1 Å². The number of carbonyl (C=O) groups is 2. The Labute approximate surface area is 209 Å². The number of hydrogen-bond donors (Lipinski definition) is 2. The molecule has 0 aliphatic heterocycles. The number of ether oxygens (including phenoxy) is 1. The number of carboxylic acids is 1. The lowest BCUT2D eigenvalue weighted by Crippen LogP contribution is -2.68. The van der Waals surface area contributed by atoms with Crippen LogP contribution in [0.4, 0.5) is 13.6 Å². The third kappa shape index (κ3) is 6.51. The fourth-order valence-corrected chi connectivity index (χ4v) is 4.49. The van der Waals surface area contributed by atoms with E-state index in [4.69, 9.17) is 4.74 Å². The molecule has 0 spiro atoms. The summed E-state index contributed by atoms with van der Waals surface area (Å²) in [5.41, 5.74) is 0.131. The van der Waals surface area contributed by atoms with Gasteiger partial charge in [0.05, 0.1) is 24.3 Å². The molecular formula is C27H31F2N3O4. The molecule has 0 aromatic heterocycles. The summed E-state index contributed by atoms with van der Waals surface area (Å²) >= 11 is 0. The van der Waals surface area contributed by atoms with Crippen LogP contribution in [0.5, 0.6) is 5.75 Å². The van der Waals surface area contributed by atoms with Crippen molar-refractivity contribution in [1.29, 1.82) is 5.26 Å². The van der Waals surface area contributed by atoms with E-state index in [9.17, 15) is 28.7 Å². The summed E-state index contributed by atoms with van der Waals surface area (Å²) in [7, 11) is 0. The standard InChI is InChI=1S/C27H31F2N3O4/c1-3-36-23-14-21(16-30)13-22(15-23)19(2)32(12-8-7-11-20-9-5-4-6-10-20)25(35)31-26(24(33)34)17-27(28,29)18-26/h4-6,9-10,13-15,19H,3,7-8,11-12,17-18H2,1-2H3,(H,31,35)(H,33,34). The summed E-state index contributed by atoms with van der Waals surface area (Å²) < 4.78 is 32.8. The normalized spacial score (nSPS) is 16.2. The van der Waals surface area contributed by atoms with Crippen LogP contribution >= 0.6 is 0 Å². The Morgan fingerprint density at radius 1 is 1.19 bits per heavy atom. The minimum Gasteiger partial charge on any atom is -0.494 e. The highest BCUT2D eigenvalue weighted by atomic mass is 19.3. The van der Waals surface area contributed by atoms with Crippen molar-refractivity contribution in [3.05, 3.63) is 65.2 Å². The number of nitrogens with one attached hydrogen (secondary N) is 1. The van der Waals surface area contributed by atoms with Crippen molar-refractivity contribution >= 4 is 12.0 Å². The molecule has 7 nitrogen and oxygen atoms in total. The van der Waals surface area contributed by atoms with Gasteiger partial charge in [0.15, 0.2) is 5.54 Å². The second-order valence-corrected chi connectivity index (χ2v) is 9.17. The number of unbranched alkanes of at least 4 members (excludes halogenated alkanes) is 1. The number of benzene rings is 2. The number of aryl methyl sites for hydroxylation is 1. The molecule has 1 aliphatic rings. The van der Waals surface area contributed by atoms with Gasteiger partial charge >= 0.3 is 12.0 Å². The Morgan fingerprint density at radius 3 is 2.47 bits per heavy atom. The van der Waals surface area contributed by atoms with Crippen LogP contribution in [-0.4, -0.2) is 46.6 Å². The van der Waals surface area contributed by atoms with Crippen molar-refractivity contribution in [2.24, 2.45) is 0 Å². The van der Waals surface area contributed by atoms with Gasteiger partial charge < -0.3 is 20.1 Å². The third-order valence-corrected chi connectivity index (χ3v) is 6.41. The first kappa shape index (κ1) is 26.9. The second kappa shape index (κ2) is 11.4. The molecule has 0 saturated heterocycles. The number of nitriles is 1. The number of nitrogens with zero attached hydrogens (tertiary/aromatic N) is 2. The van der Waals surface area contributed by atoms with Crippen molar-refractivity contribution in [2.45, 2.75) is 63.5 Å². The first-order valence-electron chi connectivity index (χ1n) is 12.0. The Kier molecular flexibility index (Phi) is 8.51. The van der Waals surface area contributed by atoms with Crippen molar-refractivity contribution in [1.82, 2.24) is 10.2 Å². The Morgan fingerprint density at radius 2 is 1.89 bits per heavy atom. The van der Waals surface area contributed by atoms with E-state index >= 15 is 0 Å². The van der Waals surface area contributed by atoms with Crippen LogP contribution < -0.4 is 10.1 Å². The molecule has 1 aliphatic carbocycles. The topological polar surface area (TPSA) is 103 Å². The van der Waals surface area contributed by atoms with Crippen LogP contribution in [0.2, 0.25) is 0 Å². The molecule has 1 unspecified atom stereocenters. The molecule has 2 amide bonds. The SMILES string of the molecule is CCOc1cc(C#N)cc(C(C)N(CCCCc2ccccc2)C(=O)NC2(C(=O)O)CC(F)(F)C2)c1. The van der Waals surface area contributed by atoms with Gasteiger partial charge in [-0.25, -0.2) is 18.4 Å². The first-order chi connectivity index (χ1) is 17.1. The average molecular weight is 500 g/mol. The maximum absolute atomic E-state index is 13.6.